The fourth-order valence-electron chi connectivity index (χ4n) is 1.57. The Morgan fingerprint density at radius 3 is 2.84 bits per heavy atom. The second kappa shape index (κ2) is 5.17. The minimum atomic E-state index is -1.07. The molecule has 0 aliphatic carbocycles. The molecule has 0 spiro atoms. The van der Waals surface area contributed by atoms with Crippen LogP contribution < -0.4 is 0 Å². The highest BCUT2D eigenvalue weighted by atomic mass is 19.2. The third-order valence-corrected chi connectivity index (χ3v) is 2.45. The maximum absolute atomic E-state index is 13.6. The minimum absolute atomic E-state index is 0.0412. The van der Waals surface area contributed by atoms with Gasteiger partial charge in [-0.1, -0.05) is 6.07 Å². The van der Waals surface area contributed by atoms with Crippen molar-refractivity contribution >= 4 is 5.97 Å². The van der Waals surface area contributed by atoms with Gasteiger partial charge in [0.1, 0.15) is 5.76 Å². The molecular formula is C13H11F2NO3. The zero-order valence-electron chi connectivity index (χ0n) is 10.4. The molecule has 0 amide bonds. The summed E-state index contributed by atoms with van der Waals surface area (Å²) in [6, 6.07) is 3.64. The van der Waals surface area contributed by atoms with Crippen LogP contribution in [0.5, 0.6) is 0 Å². The van der Waals surface area contributed by atoms with Crippen molar-refractivity contribution in [3.8, 4) is 11.5 Å². The van der Waals surface area contributed by atoms with Gasteiger partial charge in [0, 0.05) is 0 Å². The van der Waals surface area contributed by atoms with Crippen LogP contribution in [-0.4, -0.2) is 17.6 Å². The van der Waals surface area contributed by atoms with Gasteiger partial charge in [-0.2, -0.15) is 0 Å². The molecule has 6 heteroatoms. The molecule has 0 bridgehead atoms. The van der Waals surface area contributed by atoms with Crippen molar-refractivity contribution in [2.45, 2.75) is 13.8 Å². The number of carbonyl (C=O) groups is 1. The Balaban J connectivity index is 2.45. The van der Waals surface area contributed by atoms with E-state index in [1.54, 1.807) is 6.92 Å². The number of halogens is 2. The lowest BCUT2D eigenvalue weighted by Gasteiger charge is -1.98. The quantitative estimate of drug-likeness (QED) is 0.802. The number of hydrogen-bond donors (Lipinski definition) is 0. The first kappa shape index (κ1) is 13.2. The van der Waals surface area contributed by atoms with Gasteiger partial charge >= 0.3 is 5.97 Å². The van der Waals surface area contributed by atoms with Crippen LogP contribution in [0.1, 0.15) is 23.2 Å². The Hall–Kier alpha value is -2.24. The van der Waals surface area contributed by atoms with Crippen LogP contribution in [0.15, 0.2) is 22.6 Å². The van der Waals surface area contributed by atoms with Gasteiger partial charge in [0.05, 0.1) is 12.2 Å². The van der Waals surface area contributed by atoms with Gasteiger partial charge in [0.2, 0.25) is 5.89 Å². The number of esters is 1. The number of benzene rings is 1. The third-order valence-electron chi connectivity index (χ3n) is 2.45. The molecule has 0 saturated heterocycles. The Morgan fingerprint density at radius 1 is 1.42 bits per heavy atom. The van der Waals surface area contributed by atoms with Crippen LogP contribution in [-0.2, 0) is 4.74 Å². The third kappa shape index (κ3) is 2.47. The molecule has 1 aromatic carbocycles. The first-order chi connectivity index (χ1) is 9.04. The maximum Gasteiger partial charge on any atom is 0.360 e. The largest absolute Gasteiger partial charge is 0.461 e. The van der Waals surface area contributed by atoms with Crippen LogP contribution in [0.3, 0.4) is 0 Å². The number of carbonyl (C=O) groups excluding carboxylic acids is 1. The van der Waals surface area contributed by atoms with E-state index < -0.39 is 17.6 Å². The molecule has 0 fully saturated rings. The van der Waals surface area contributed by atoms with E-state index in [0.717, 1.165) is 6.07 Å². The highest BCUT2D eigenvalue weighted by molar-refractivity contribution is 5.88. The summed E-state index contributed by atoms with van der Waals surface area (Å²) in [6.45, 7) is 3.34. The molecule has 0 unspecified atom stereocenters. The van der Waals surface area contributed by atoms with E-state index in [0.29, 0.717) is 0 Å². The Kier molecular flexibility index (Phi) is 3.59. The summed E-state index contributed by atoms with van der Waals surface area (Å²) < 4.78 is 36.7. The summed E-state index contributed by atoms with van der Waals surface area (Å²) in [5.74, 6) is -2.70. The smallest absolute Gasteiger partial charge is 0.360 e. The number of ether oxygens (including phenoxy) is 1. The van der Waals surface area contributed by atoms with E-state index in [4.69, 9.17) is 9.15 Å². The summed E-state index contributed by atoms with van der Waals surface area (Å²) in [7, 11) is 0. The summed E-state index contributed by atoms with van der Waals surface area (Å²) in [5.41, 5.74) is -0.181. The second-order valence-electron chi connectivity index (χ2n) is 3.75. The van der Waals surface area contributed by atoms with E-state index in [-0.39, 0.29) is 29.5 Å². The maximum atomic E-state index is 13.6. The van der Waals surface area contributed by atoms with E-state index in [1.807, 2.05) is 0 Å². The van der Waals surface area contributed by atoms with E-state index in [9.17, 15) is 13.6 Å². The molecule has 0 saturated carbocycles. The van der Waals surface area contributed by atoms with Crippen LogP contribution in [0.25, 0.3) is 11.5 Å². The molecule has 2 aromatic rings. The number of rotatable bonds is 3. The van der Waals surface area contributed by atoms with Crippen molar-refractivity contribution in [3.05, 3.63) is 41.3 Å². The van der Waals surface area contributed by atoms with Crippen LogP contribution >= 0.6 is 0 Å². The molecule has 0 N–H and O–H groups in total. The average molecular weight is 267 g/mol. The predicted octanol–water partition coefficient (Wildman–Crippen LogP) is 3.10. The summed E-state index contributed by atoms with van der Waals surface area (Å²) >= 11 is 0. The van der Waals surface area contributed by atoms with Gasteiger partial charge in [-0.05, 0) is 26.0 Å². The summed E-state index contributed by atoms with van der Waals surface area (Å²) in [5, 5.41) is 0. The average Bonchev–Trinajstić information content (AvgIpc) is 2.75. The van der Waals surface area contributed by atoms with Crippen molar-refractivity contribution < 1.29 is 22.7 Å². The van der Waals surface area contributed by atoms with Gasteiger partial charge in [0.15, 0.2) is 17.3 Å². The number of oxazole rings is 1. The number of nitrogens with zero attached hydrogens (tertiary/aromatic N) is 1. The lowest BCUT2D eigenvalue weighted by molar-refractivity contribution is 0.0518. The normalized spacial score (nSPS) is 10.5. The molecule has 1 heterocycles. The number of hydrogen-bond acceptors (Lipinski definition) is 4. The molecule has 100 valence electrons. The van der Waals surface area contributed by atoms with E-state index in [1.165, 1.54) is 19.1 Å². The summed E-state index contributed by atoms with van der Waals surface area (Å²) in [6.07, 6.45) is 0. The van der Waals surface area contributed by atoms with E-state index in [2.05, 4.69) is 4.98 Å². The minimum Gasteiger partial charge on any atom is -0.461 e. The second-order valence-corrected chi connectivity index (χ2v) is 3.75. The van der Waals surface area contributed by atoms with Crippen LogP contribution in [0.2, 0.25) is 0 Å². The fourth-order valence-corrected chi connectivity index (χ4v) is 1.57. The molecule has 0 aliphatic rings. The lowest BCUT2D eigenvalue weighted by atomic mass is 10.2. The topological polar surface area (TPSA) is 52.3 Å². The number of aromatic nitrogens is 1. The fraction of sp³-hybridized carbons (Fsp3) is 0.231. The Morgan fingerprint density at radius 2 is 2.16 bits per heavy atom. The standard InChI is InChI=1S/C13H11F2NO3/c1-3-18-13(17)11-7(2)19-12(16-11)8-5-4-6-9(14)10(8)15/h4-6H,3H2,1-2H3. The van der Waals surface area contributed by atoms with Crippen molar-refractivity contribution in [2.75, 3.05) is 6.61 Å². The summed E-state index contributed by atoms with van der Waals surface area (Å²) in [4.78, 5) is 15.4. The highest BCUT2D eigenvalue weighted by Gasteiger charge is 2.21. The zero-order valence-corrected chi connectivity index (χ0v) is 10.4. The van der Waals surface area contributed by atoms with Crippen LogP contribution in [0, 0.1) is 18.6 Å². The van der Waals surface area contributed by atoms with E-state index >= 15 is 0 Å². The predicted molar refractivity (Wildman–Crippen MR) is 62.5 cm³/mol. The molecule has 2 rings (SSSR count). The molecule has 0 atom stereocenters. The molecular weight excluding hydrogens is 256 g/mol. The van der Waals surface area contributed by atoms with Gasteiger partial charge in [0.25, 0.3) is 0 Å². The first-order valence-electron chi connectivity index (χ1n) is 5.63. The van der Waals surface area contributed by atoms with Crippen molar-refractivity contribution in [1.82, 2.24) is 4.98 Å². The zero-order chi connectivity index (χ0) is 14.0. The van der Waals surface area contributed by atoms with Crippen molar-refractivity contribution in [2.24, 2.45) is 0 Å². The molecule has 1 aromatic heterocycles. The molecule has 0 radical (unpaired) electrons. The Labute approximate surface area is 108 Å². The molecule has 4 nitrogen and oxygen atoms in total. The highest BCUT2D eigenvalue weighted by Crippen LogP contribution is 2.26. The van der Waals surface area contributed by atoms with Crippen molar-refractivity contribution in [1.29, 1.82) is 0 Å². The molecule has 19 heavy (non-hydrogen) atoms. The SMILES string of the molecule is CCOC(=O)c1nc(-c2cccc(F)c2F)oc1C. The lowest BCUT2D eigenvalue weighted by Crippen LogP contribution is -2.06. The van der Waals surface area contributed by atoms with Crippen LogP contribution in [0.4, 0.5) is 8.78 Å². The Bertz CT molecular complexity index is 622. The monoisotopic (exact) mass is 267 g/mol. The van der Waals surface area contributed by atoms with Gasteiger partial charge < -0.3 is 9.15 Å². The molecule has 0 aliphatic heterocycles. The first-order valence-corrected chi connectivity index (χ1v) is 5.63. The van der Waals surface area contributed by atoms with Gasteiger partial charge in [-0.15, -0.1) is 0 Å². The van der Waals surface area contributed by atoms with Gasteiger partial charge in [-0.3, -0.25) is 0 Å². The number of aryl methyl sites for hydroxylation is 1. The van der Waals surface area contributed by atoms with Crippen molar-refractivity contribution in [3.63, 3.8) is 0 Å². The van der Waals surface area contributed by atoms with Gasteiger partial charge in [-0.25, -0.2) is 18.6 Å².